The van der Waals surface area contributed by atoms with Gasteiger partial charge in [0, 0.05) is 33.7 Å². The van der Waals surface area contributed by atoms with Crippen molar-refractivity contribution in [3.05, 3.63) is 53.1 Å². The second kappa shape index (κ2) is 11.2. The standard InChI is InChI=1S/C22H28ClNO3S/c1-15(2)27-19-7-9-20(10-8-19)28-16(3)5-12-22(25)24-14-17-13-18(23)6-11-21(17)26-4/h6-11,13,15-16H,5,12,14H2,1-4H3,(H,24,25). The predicted molar refractivity (Wildman–Crippen MR) is 117 cm³/mol. The average Bonchev–Trinajstić information content (AvgIpc) is 2.66. The highest BCUT2D eigenvalue weighted by atomic mass is 35.5. The van der Waals surface area contributed by atoms with Gasteiger partial charge in [-0.2, -0.15) is 0 Å². The van der Waals surface area contributed by atoms with Crippen LogP contribution in [0.5, 0.6) is 11.5 Å². The Balaban J connectivity index is 1.75. The Morgan fingerprint density at radius 2 is 1.86 bits per heavy atom. The third-order valence-corrected chi connectivity index (χ3v) is 5.45. The van der Waals surface area contributed by atoms with E-state index in [0.717, 1.165) is 23.5 Å². The van der Waals surface area contributed by atoms with E-state index in [1.54, 1.807) is 31.0 Å². The smallest absolute Gasteiger partial charge is 0.220 e. The number of carbonyl (C=O) groups excluding carboxylic acids is 1. The average molecular weight is 422 g/mol. The molecule has 0 saturated heterocycles. The van der Waals surface area contributed by atoms with Crippen LogP contribution in [0.2, 0.25) is 5.02 Å². The lowest BCUT2D eigenvalue weighted by atomic mass is 10.2. The van der Waals surface area contributed by atoms with Crippen LogP contribution in [-0.2, 0) is 11.3 Å². The third-order valence-electron chi connectivity index (χ3n) is 4.03. The Hall–Kier alpha value is -1.85. The molecule has 2 aromatic rings. The second-order valence-electron chi connectivity index (χ2n) is 6.84. The highest BCUT2D eigenvalue weighted by Crippen LogP contribution is 2.28. The molecular weight excluding hydrogens is 394 g/mol. The SMILES string of the molecule is COc1ccc(Cl)cc1CNC(=O)CCC(C)Sc1ccc(OC(C)C)cc1. The molecule has 2 rings (SSSR count). The van der Waals surface area contributed by atoms with Crippen LogP contribution in [0.15, 0.2) is 47.4 Å². The van der Waals surface area contributed by atoms with Crippen LogP contribution in [0, 0.1) is 0 Å². The first-order chi connectivity index (χ1) is 13.4. The minimum Gasteiger partial charge on any atom is -0.496 e. The lowest BCUT2D eigenvalue weighted by Crippen LogP contribution is -2.23. The van der Waals surface area contributed by atoms with Crippen molar-refractivity contribution >= 4 is 29.3 Å². The fourth-order valence-corrected chi connectivity index (χ4v) is 3.85. The number of halogens is 1. The van der Waals surface area contributed by atoms with Gasteiger partial charge in [0.1, 0.15) is 11.5 Å². The Labute approximate surface area is 177 Å². The monoisotopic (exact) mass is 421 g/mol. The molecule has 0 radical (unpaired) electrons. The molecule has 0 fully saturated rings. The van der Waals surface area contributed by atoms with Gasteiger partial charge in [0.15, 0.2) is 0 Å². The summed E-state index contributed by atoms with van der Waals surface area (Å²) in [5.41, 5.74) is 0.870. The molecule has 2 aromatic carbocycles. The fourth-order valence-electron chi connectivity index (χ4n) is 2.66. The van der Waals surface area contributed by atoms with E-state index in [1.165, 1.54) is 4.90 Å². The number of hydrogen-bond acceptors (Lipinski definition) is 4. The van der Waals surface area contributed by atoms with Gasteiger partial charge in [-0.3, -0.25) is 4.79 Å². The molecule has 0 aromatic heterocycles. The zero-order chi connectivity index (χ0) is 20.5. The Morgan fingerprint density at radius 3 is 2.50 bits per heavy atom. The molecule has 0 saturated carbocycles. The van der Waals surface area contributed by atoms with Gasteiger partial charge in [-0.25, -0.2) is 0 Å². The van der Waals surface area contributed by atoms with E-state index in [2.05, 4.69) is 24.4 Å². The molecule has 0 aliphatic heterocycles. The Kier molecular flexibility index (Phi) is 9.00. The van der Waals surface area contributed by atoms with Crippen molar-refractivity contribution in [2.45, 2.75) is 56.4 Å². The van der Waals surface area contributed by atoms with Crippen LogP contribution in [0.25, 0.3) is 0 Å². The summed E-state index contributed by atoms with van der Waals surface area (Å²) in [7, 11) is 1.61. The van der Waals surface area contributed by atoms with Crippen LogP contribution in [-0.4, -0.2) is 24.4 Å². The number of methoxy groups -OCH3 is 1. The van der Waals surface area contributed by atoms with Crippen molar-refractivity contribution < 1.29 is 14.3 Å². The van der Waals surface area contributed by atoms with E-state index in [1.807, 2.05) is 32.0 Å². The van der Waals surface area contributed by atoms with Gasteiger partial charge >= 0.3 is 0 Å². The molecule has 1 unspecified atom stereocenters. The number of amides is 1. The number of carbonyl (C=O) groups is 1. The highest BCUT2D eigenvalue weighted by Gasteiger charge is 2.10. The Morgan fingerprint density at radius 1 is 1.14 bits per heavy atom. The molecule has 28 heavy (non-hydrogen) atoms. The molecule has 152 valence electrons. The molecule has 0 bridgehead atoms. The van der Waals surface area contributed by atoms with Crippen molar-refractivity contribution in [3.8, 4) is 11.5 Å². The maximum atomic E-state index is 12.2. The normalized spacial score (nSPS) is 11.9. The van der Waals surface area contributed by atoms with E-state index in [9.17, 15) is 4.79 Å². The number of ether oxygens (including phenoxy) is 2. The number of rotatable bonds is 10. The summed E-state index contributed by atoms with van der Waals surface area (Å²) in [6, 6.07) is 13.5. The second-order valence-corrected chi connectivity index (χ2v) is 8.79. The first kappa shape index (κ1) is 22.4. The molecule has 4 nitrogen and oxygen atoms in total. The first-order valence-electron chi connectivity index (χ1n) is 9.40. The van der Waals surface area contributed by atoms with E-state index < -0.39 is 0 Å². The zero-order valence-electron chi connectivity index (χ0n) is 16.8. The first-order valence-corrected chi connectivity index (χ1v) is 10.7. The van der Waals surface area contributed by atoms with Gasteiger partial charge in [0.05, 0.1) is 13.2 Å². The summed E-state index contributed by atoms with van der Waals surface area (Å²) < 4.78 is 11.0. The molecule has 6 heteroatoms. The fraction of sp³-hybridized carbons (Fsp3) is 0.409. The lowest BCUT2D eigenvalue weighted by Gasteiger charge is -2.13. The van der Waals surface area contributed by atoms with Gasteiger partial charge in [-0.05, 0) is 62.7 Å². The van der Waals surface area contributed by atoms with Crippen molar-refractivity contribution in [2.24, 2.45) is 0 Å². The summed E-state index contributed by atoms with van der Waals surface area (Å²) in [5, 5.41) is 3.90. The van der Waals surface area contributed by atoms with Crippen molar-refractivity contribution in [2.75, 3.05) is 7.11 Å². The lowest BCUT2D eigenvalue weighted by molar-refractivity contribution is -0.121. The van der Waals surface area contributed by atoms with E-state index >= 15 is 0 Å². The zero-order valence-corrected chi connectivity index (χ0v) is 18.4. The van der Waals surface area contributed by atoms with Crippen molar-refractivity contribution in [1.29, 1.82) is 0 Å². The van der Waals surface area contributed by atoms with Crippen LogP contribution < -0.4 is 14.8 Å². The molecule has 1 N–H and O–H groups in total. The topological polar surface area (TPSA) is 47.6 Å². The minimum absolute atomic E-state index is 0.0233. The molecule has 0 heterocycles. The summed E-state index contributed by atoms with van der Waals surface area (Å²) in [5.74, 6) is 1.62. The van der Waals surface area contributed by atoms with Gasteiger partial charge in [-0.1, -0.05) is 18.5 Å². The highest BCUT2D eigenvalue weighted by molar-refractivity contribution is 7.99. The molecule has 0 aliphatic rings. The van der Waals surface area contributed by atoms with Gasteiger partial charge in [0.25, 0.3) is 0 Å². The van der Waals surface area contributed by atoms with Crippen LogP contribution in [0.4, 0.5) is 0 Å². The van der Waals surface area contributed by atoms with E-state index in [4.69, 9.17) is 21.1 Å². The van der Waals surface area contributed by atoms with E-state index in [-0.39, 0.29) is 12.0 Å². The molecule has 0 spiro atoms. The maximum Gasteiger partial charge on any atom is 0.220 e. The number of nitrogens with one attached hydrogen (secondary N) is 1. The quantitative estimate of drug-likeness (QED) is 0.499. The van der Waals surface area contributed by atoms with Crippen LogP contribution >= 0.6 is 23.4 Å². The number of hydrogen-bond donors (Lipinski definition) is 1. The molecular formula is C22H28ClNO3S. The van der Waals surface area contributed by atoms with Crippen LogP contribution in [0.1, 0.15) is 39.2 Å². The van der Waals surface area contributed by atoms with Gasteiger partial charge in [0.2, 0.25) is 5.91 Å². The van der Waals surface area contributed by atoms with Crippen molar-refractivity contribution in [3.63, 3.8) is 0 Å². The summed E-state index contributed by atoms with van der Waals surface area (Å²) in [6.07, 6.45) is 1.45. The largest absolute Gasteiger partial charge is 0.496 e. The minimum atomic E-state index is 0.0233. The summed E-state index contributed by atoms with van der Waals surface area (Å²) in [4.78, 5) is 13.4. The maximum absolute atomic E-state index is 12.2. The molecule has 1 atom stereocenters. The third kappa shape index (κ3) is 7.64. The summed E-state index contributed by atoms with van der Waals surface area (Å²) >= 11 is 7.79. The molecule has 0 aliphatic carbocycles. The number of thioether (sulfide) groups is 1. The summed E-state index contributed by atoms with van der Waals surface area (Å²) in [6.45, 7) is 6.56. The molecule has 1 amide bonds. The van der Waals surface area contributed by atoms with Gasteiger partial charge < -0.3 is 14.8 Å². The predicted octanol–water partition coefficient (Wildman–Crippen LogP) is 5.71. The van der Waals surface area contributed by atoms with E-state index in [0.29, 0.717) is 23.2 Å². The number of benzene rings is 2. The van der Waals surface area contributed by atoms with Gasteiger partial charge in [-0.15, -0.1) is 11.8 Å². The Bertz CT molecular complexity index is 765. The van der Waals surface area contributed by atoms with Crippen molar-refractivity contribution in [1.82, 2.24) is 5.32 Å². The van der Waals surface area contributed by atoms with Crippen LogP contribution in [0.3, 0.4) is 0 Å².